The molecule has 0 saturated heterocycles. The molecule has 0 heterocycles. The zero-order chi connectivity index (χ0) is 17.5. The first-order chi connectivity index (χ1) is 10.7. The highest BCUT2D eigenvalue weighted by molar-refractivity contribution is 7.90. The molecule has 2 N–H and O–H groups in total. The molecular formula is C16H27ClN2O4S. The van der Waals surface area contributed by atoms with E-state index in [1.807, 2.05) is 6.92 Å². The summed E-state index contributed by atoms with van der Waals surface area (Å²) >= 11 is 0. The lowest BCUT2D eigenvalue weighted by Gasteiger charge is -2.17. The summed E-state index contributed by atoms with van der Waals surface area (Å²) in [7, 11) is -1.42. The minimum atomic E-state index is -3.19. The Morgan fingerprint density at radius 3 is 2.38 bits per heavy atom. The van der Waals surface area contributed by atoms with Crippen LogP contribution in [0.5, 0.6) is 5.75 Å². The van der Waals surface area contributed by atoms with Crippen LogP contribution in [0.15, 0.2) is 29.2 Å². The third-order valence-electron chi connectivity index (χ3n) is 3.40. The molecule has 138 valence electrons. The zero-order valence-corrected chi connectivity index (χ0v) is 16.0. The molecule has 8 heteroatoms. The average Bonchev–Trinajstić information content (AvgIpc) is 2.48. The number of nitrogens with two attached hydrogens (primary N) is 1. The highest BCUT2D eigenvalue weighted by Crippen LogP contribution is 2.15. The van der Waals surface area contributed by atoms with Crippen molar-refractivity contribution in [1.82, 2.24) is 4.90 Å². The standard InChI is InChI=1S/C16H26N2O4S.ClH/c1-13(17)5-10-16(19)18(2)11-4-12-22-14-6-8-15(9-7-14)23(3,20)21;/h6-9,13H,4-5,10-12,17H2,1-3H3;1H. The fraction of sp³-hybridized carbons (Fsp3) is 0.562. The van der Waals surface area contributed by atoms with Gasteiger partial charge in [-0.15, -0.1) is 12.4 Å². The predicted octanol–water partition coefficient (Wildman–Crippen LogP) is 1.87. The number of ether oxygens (including phenoxy) is 1. The van der Waals surface area contributed by atoms with Gasteiger partial charge in [0.1, 0.15) is 5.75 Å². The predicted molar refractivity (Wildman–Crippen MR) is 97.4 cm³/mol. The van der Waals surface area contributed by atoms with Crippen LogP contribution in [-0.2, 0) is 14.6 Å². The van der Waals surface area contributed by atoms with Crippen molar-refractivity contribution in [2.45, 2.75) is 37.1 Å². The number of carbonyl (C=O) groups is 1. The second-order valence-electron chi connectivity index (χ2n) is 5.78. The van der Waals surface area contributed by atoms with Gasteiger partial charge in [-0.1, -0.05) is 0 Å². The molecule has 0 spiro atoms. The average molecular weight is 379 g/mol. The summed E-state index contributed by atoms with van der Waals surface area (Å²) in [4.78, 5) is 13.8. The highest BCUT2D eigenvalue weighted by atomic mass is 35.5. The quantitative estimate of drug-likeness (QED) is 0.662. The van der Waals surface area contributed by atoms with Crippen LogP contribution in [0.2, 0.25) is 0 Å². The van der Waals surface area contributed by atoms with Crippen molar-refractivity contribution in [3.63, 3.8) is 0 Å². The molecule has 1 aromatic carbocycles. The van der Waals surface area contributed by atoms with Gasteiger partial charge in [-0.05, 0) is 44.0 Å². The first kappa shape index (κ1) is 22.7. The number of hydrogen-bond donors (Lipinski definition) is 1. The second-order valence-corrected chi connectivity index (χ2v) is 7.79. The Kier molecular flexibility index (Phi) is 9.96. The van der Waals surface area contributed by atoms with Crippen LogP contribution in [-0.4, -0.2) is 51.7 Å². The molecule has 24 heavy (non-hydrogen) atoms. The summed E-state index contributed by atoms with van der Waals surface area (Å²) in [5.41, 5.74) is 5.64. The lowest BCUT2D eigenvalue weighted by atomic mass is 10.2. The van der Waals surface area contributed by atoms with Gasteiger partial charge in [-0.2, -0.15) is 0 Å². The van der Waals surface area contributed by atoms with E-state index in [0.717, 1.165) is 0 Å². The Morgan fingerprint density at radius 2 is 1.88 bits per heavy atom. The summed E-state index contributed by atoms with van der Waals surface area (Å²) in [5.74, 6) is 0.697. The van der Waals surface area contributed by atoms with E-state index in [1.165, 1.54) is 18.4 Å². The van der Waals surface area contributed by atoms with Crippen molar-refractivity contribution in [1.29, 1.82) is 0 Å². The largest absolute Gasteiger partial charge is 0.494 e. The Labute approximate surface area is 150 Å². The smallest absolute Gasteiger partial charge is 0.222 e. The van der Waals surface area contributed by atoms with Crippen LogP contribution in [0.25, 0.3) is 0 Å². The number of hydrogen-bond acceptors (Lipinski definition) is 5. The number of sulfone groups is 1. The molecule has 1 amide bonds. The van der Waals surface area contributed by atoms with Gasteiger partial charge in [0.05, 0.1) is 11.5 Å². The van der Waals surface area contributed by atoms with E-state index in [1.54, 1.807) is 24.1 Å². The van der Waals surface area contributed by atoms with E-state index in [9.17, 15) is 13.2 Å². The maximum Gasteiger partial charge on any atom is 0.222 e. The molecule has 0 saturated carbocycles. The highest BCUT2D eigenvalue weighted by Gasteiger charge is 2.09. The van der Waals surface area contributed by atoms with Gasteiger partial charge in [0.15, 0.2) is 9.84 Å². The maximum absolute atomic E-state index is 11.8. The number of halogens is 1. The minimum Gasteiger partial charge on any atom is -0.494 e. The van der Waals surface area contributed by atoms with Crippen LogP contribution in [0.1, 0.15) is 26.2 Å². The van der Waals surface area contributed by atoms with Gasteiger partial charge >= 0.3 is 0 Å². The Balaban J connectivity index is 0.00000529. The van der Waals surface area contributed by atoms with Gasteiger partial charge in [0.25, 0.3) is 0 Å². The first-order valence-corrected chi connectivity index (χ1v) is 9.51. The summed E-state index contributed by atoms with van der Waals surface area (Å²) in [6.07, 6.45) is 3.02. The van der Waals surface area contributed by atoms with Gasteiger partial charge in [0, 0.05) is 32.3 Å². The molecule has 0 aliphatic rings. The second kappa shape index (κ2) is 10.5. The SMILES string of the molecule is CC(N)CCC(=O)N(C)CCCOc1ccc(S(C)(=O)=O)cc1.Cl. The number of benzene rings is 1. The van der Waals surface area contributed by atoms with Crippen molar-refractivity contribution in [2.24, 2.45) is 5.73 Å². The zero-order valence-electron chi connectivity index (χ0n) is 14.4. The molecule has 0 aliphatic carbocycles. The molecule has 0 aliphatic heterocycles. The number of amides is 1. The third kappa shape index (κ3) is 8.52. The summed E-state index contributed by atoms with van der Waals surface area (Å²) < 4.78 is 28.3. The number of rotatable bonds is 9. The fourth-order valence-electron chi connectivity index (χ4n) is 1.94. The maximum atomic E-state index is 11.8. The van der Waals surface area contributed by atoms with E-state index < -0.39 is 9.84 Å². The van der Waals surface area contributed by atoms with Crippen LogP contribution >= 0.6 is 12.4 Å². The van der Waals surface area contributed by atoms with Gasteiger partial charge in [-0.3, -0.25) is 4.79 Å². The lowest BCUT2D eigenvalue weighted by Crippen LogP contribution is -2.30. The van der Waals surface area contributed by atoms with Crippen LogP contribution in [0, 0.1) is 0 Å². The van der Waals surface area contributed by atoms with Crippen molar-refractivity contribution in [2.75, 3.05) is 26.5 Å². The van der Waals surface area contributed by atoms with Crippen LogP contribution in [0.4, 0.5) is 0 Å². The molecular weight excluding hydrogens is 352 g/mol. The third-order valence-corrected chi connectivity index (χ3v) is 4.53. The summed E-state index contributed by atoms with van der Waals surface area (Å²) in [6.45, 7) is 2.96. The Bertz CT molecular complexity index is 603. The van der Waals surface area contributed by atoms with Crippen molar-refractivity contribution in [3.05, 3.63) is 24.3 Å². The van der Waals surface area contributed by atoms with Crippen molar-refractivity contribution in [3.8, 4) is 5.75 Å². The van der Waals surface area contributed by atoms with E-state index in [0.29, 0.717) is 38.2 Å². The molecule has 0 fully saturated rings. The fourth-order valence-corrected chi connectivity index (χ4v) is 2.57. The van der Waals surface area contributed by atoms with Crippen molar-refractivity contribution < 1.29 is 17.9 Å². The van der Waals surface area contributed by atoms with E-state index >= 15 is 0 Å². The summed E-state index contributed by atoms with van der Waals surface area (Å²) in [5, 5.41) is 0. The van der Waals surface area contributed by atoms with Gasteiger partial charge in [0.2, 0.25) is 5.91 Å². The molecule has 6 nitrogen and oxygen atoms in total. The minimum absolute atomic E-state index is 0. The van der Waals surface area contributed by atoms with Crippen LogP contribution in [0.3, 0.4) is 0 Å². The van der Waals surface area contributed by atoms with Gasteiger partial charge < -0.3 is 15.4 Å². The molecule has 1 atom stereocenters. The molecule has 0 radical (unpaired) electrons. The van der Waals surface area contributed by atoms with Gasteiger partial charge in [-0.25, -0.2) is 8.42 Å². The first-order valence-electron chi connectivity index (χ1n) is 7.62. The van der Waals surface area contributed by atoms with E-state index in [4.69, 9.17) is 10.5 Å². The van der Waals surface area contributed by atoms with Crippen LogP contribution < -0.4 is 10.5 Å². The topological polar surface area (TPSA) is 89.7 Å². The molecule has 0 bridgehead atoms. The summed E-state index contributed by atoms with van der Waals surface area (Å²) in [6, 6.07) is 6.34. The lowest BCUT2D eigenvalue weighted by molar-refractivity contribution is -0.130. The molecule has 1 aromatic rings. The molecule has 1 rings (SSSR count). The molecule has 0 aromatic heterocycles. The monoisotopic (exact) mass is 378 g/mol. The number of nitrogens with zero attached hydrogens (tertiary/aromatic N) is 1. The Hall–Kier alpha value is -1.31. The number of carbonyl (C=O) groups excluding carboxylic acids is 1. The van der Waals surface area contributed by atoms with E-state index in [2.05, 4.69) is 0 Å². The van der Waals surface area contributed by atoms with E-state index in [-0.39, 0.29) is 29.3 Å². The Morgan fingerprint density at radius 1 is 1.29 bits per heavy atom. The molecule has 1 unspecified atom stereocenters. The van der Waals surface area contributed by atoms with Crippen molar-refractivity contribution >= 4 is 28.2 Å². The normalized spacial score (nSPS) is 12.2.